The summed E-state index contributed by atoms with van der Waals surface area (Å²) in [6.07, 6.45) is 5.27. The zero-order valence-corrected chi connectivity index (χ0v) is 21.9. The maximum atomic E-state index is 11.1. The van der Waals surface area contributed by atoms with E-state index in [1.165, 1.54) is 7.11 Å². The molecule has 0 bridgehead atoms. The minimum Gasteiger partial charge on any atom is -0.481 e. The van der Waals surface area contributed by atoms with Gasteiger partial charge in [0.15, 0.2) is 0 Å². The Balaban J connectivity index is 1.42. The average molecular weight is 526 g/mol. The summed E-state index contributed by atoms with van der Waals surface area (Å²) >= 11 is -2.15. The first-order valence-corrected chi connectivity index (χ1v) is 13.3. The highest BCUT2D eigenvalue weighted by Crippen LogP contribution is 2.34. The molecule has 12 heteroatoms. The van der Waals surface area contributed by atoms with Crippen LogP contribution in [0, 0.1) is 0 Å². The number of fused-ring (bicyclic) bond motifs is 1. The van der Waals surface area contributed by atoms with Crippen LogP contribution in [-0.2, 0) is 24.4 Å². The number of rotatable bonds is 9. The van der Waals surface area contributed by atoms with Gasteiger partial charge in [0.1, 0.15) is 5.76 Å². The van der Waals surface area contributed by atoms with Crippen molar-refractivity contribution in [3.05, 3.63) is 48.1 Å². The summed E-state index contributed by atoms with van der Waals surface area (Å²) in [4.78, 5) is 13.9. The Labute approximate surface area is 217 Å². The molecule has 4 heterocycles. The number of piperazine rings is 1. The number of oxazole rings is 1. The zero-order chi connectivity index (χ0) is 25.9. The molecular weight excluding hydrogens is 494 g/mol. The lowest BCUT2D eigenvalue weighted by molar-refractivity contribution is 0.0992. The average Bonchev–Trinajstić information content (AvgIpc) is 3.56. The Morgan fingerprint density at radius 3 is 2.68 bits per heavy atom. The fourth-order valence-corrected chi connectivity index (χ4v) is 4.94. The molecule has 0 aliphatic carbocycles. The van der Waals surface area contributed by atoms with Crippen molar-refractivity contribution in [2.75, 3.05) is 33.3 Å². The fraction of sp³-hybridized carbons (Fsp3) is 0.400. The highest BCUT2D eigenvalue weighted by Gasteiger charge is 2.21. The molecule has 1 atom stereocenters. The predicted molar refractivity (Wildman–Crippen MR) is 141 cm³/mol. The third kappa shape index (κ3) is 5.73. The molecule has 1 aliphatic rings. The zero-order valence-electron chi connectivity index (χ0n) is 21.1. The van der Waals surface area contributed by atoms with Crippen molar-refractivity contribution in [1.29, 1.82) is 0 Å². The Hall–Kier alpha value is -3.16. The summed E-state index contributed by atoms with van der Waals surface area (Å²) in [6.45, 7) is 9.43. The highest BCUT2D eigenvalue weighted by molar-refractivity contribution is 7.77. The van der Waals surface area contributed by atoms with Crippen molar-refractivity contribution in [3.63, 3.8) is 0 Å². The second-order valence-corrected chi connectivity index (χ2v) is 10.1. The Kier molecular flexibility index (Phi) is 7.63. The van der Waals surface area contributed by atoms with Gasteiger partial charge in [0.2, 0.25) is 23.0 Å². The monoisotopic (exact) mass is 525 g/mol. The molecule has 4 aromatic rings. The molecule has 37 heavy (non-hydrogen) atoms. The second kappa shape index (κ2) is 11.1. The van der Waals surface area contributed by atoms with Gasteiger partial charge in [-0.05, 0) is 37.6 Å². The Morgan fingerprint density at radius 1 is 1.14 bits per heavy atom. The van der Waals surface area contributed by atoms with Gasteiger partial charge in [0.25, 0.3) is 0 Å². The molecule has 0 spiro atoms. The van der Waals surface area contributed by atoms with Crippen molar-refractivity contribution >= 4 is 22.2 Å². The van der Waals surface area contributed by atoms with Crippen LogP contribution in [0.15, 0.2) is 41.2 Å². The molecule has 0 amide bonds. The van der Waals surface area contributed by atoms with E-state index in [-0.39, 0.29) is 6.54 Å². The quantitative estimate of drug-likeness (QED) is 0.282. The number of nitrogens with zero attached hydrogens (tertiary/aromatic N) is 5. The molecule has 1 saturated heterocycles. The smallest absolute Gasteiger partial charge is 0.232 e. The van der Waals surface area contributed by atoms with Gasteiger partial charge in [-0.1, -0.05) is 0 Å². The number of hydrogen-bond donors (Lipinski definition) is 3. The molecule has 3 N–H and O–H groups in total. The number of aromatic amines is 1. The number of pyridine rings is 1. The molecule has 1 fully saturated rings. The van der Waals surface area contributed by atoms with Crippen molar-refractivity contribution in [3.8, 4) is 28.5 Å². The van der Waals surface area contributed by atoms with Crippen molar-refractivity contribution in [2.45, 2.75) is 33.0 Å². The third-order valence-corrected chi connectivity index (χ3v) is 7.09. The molecule has 196 valence electrons. The van der Waals surface area contributed by atoms with Gasteiger partial charge in [-0.25, -0.2) is 18.9 Å². The number of nitrogens with one attached hydrogen (secondary N) is 2. The van der Waals surface area contributed by atoms with Crippen LogP contribution >= 0.6 is 0 Å². The number of ether oxygens (including phenoxy) is 1. The van der Waals surface area contributed by atoms with E-state index in [0.717, 1.165) is 66.1 Å². The van der Waals surface area contributed by atoms with Gasteiger partial charge in [-0.3, -0.25) is 19.5 Å². The van der Waals surface area contributed by atoms with E-state index >= 15 is 0 Å². The van der Waals surface area contributed by atoms with Gasteiger partial charge in [-0.15, -0.1) is 0 Å². The van der Waals surface area contributed by atoms with E-state index in [1.807, 2.05) is 18.2 Å². The fourth-order valence-electron chi connectivity index (χ4n) is 4.66. The standard InChI is InChI=1S/C25H31N7O4S/c1-16(2)32-6-4-31(5-7-32)15-20-13-27-25(36-20)21-9-17(10-23-22(21)14-28-30-23)18-8-19(12-29-37(33)34)24(35-3)26-11-18/h8-11,13-14,16,29H,4-7,12,15H2,1-3H3,(H,28,30)(H,33,34). The molecule has 0 saturated carbocycles. The summed E-state index contributed by atoms with van der Waals surface area (Å²) in [5.41, 5.74) is 4.00. The van der Waals surface area contributed by atoms with E-state index < -0.39 is 11.3 Å². The molecule has 11 nitrogen and oxygen atoms in total. The number of methoxy groups -OCH3 is 1. The van der Waals surface area contributed by atoms with Gasteiger partial charge in [0, 0.05) is 67.0 Å². The maximum Gasteiger partial charge on any atom is 0.232 e. The Morgan fingerprint density at radius 2 is 1.95 bits per heavy atom. The van der Waals surface area contributed by atoms with Crippen molar-refractivity contribution in [2.24, 2.45) is 0 Å². The first-order chi connectivity index (χ1) is 17.9. The minimum atomic E-state index is -2.15. The summed E-state index contributed by atoms with van der Waals surface area (Å²) in [6, 6.07) is 6.43. The minimum absolute atomic E-state index is 0.126. The molecule has 5 rings (SSSR count). The Bertz CT molecular complexity index is 1390. The highest BCUT2D eigenvalue weighted by atomic mass is 32.2. The van der Waals surface area contributed by atoms with E-state index in [4.69, 9.17) is 13.7 Å². The number of benzene rings is 1. The van der Waals surface area contributed by atoms with E-state index in [0.29, 0.717) is 23.4 Å². The van der Waals surface area contributed by atoms with Crippen LogP contribution in [0.3, 0.4) is 0 Å². The van der Waals surface area contributed by atoms with Gasteiger partial charge >= 0.3 is 0 Å². The third-order valence-electron chi connectivity index (χ3n) is 6.70. The van der Waals surface area contributed by atoms with E-state index in [2.05, 4.69) is 48.5 Å². The van der Waals surface area contributed by atoms with E-state index in [1.54, 1.807) is 18.6 Å². The summed E-state index contributed by atoms with van der Waals surface area (Å²) in [5, 5.41) is 8.17. The lowest BCUT2D eigenvalue weighted by Gasteiger charge is -2.36. The van der Waals surface area contributed by atoms with Crippen molar-refractivity contribution < 1.29 is 17.9 Å². The van der Waals surface area contributed by atoms with Crippen LogP contribution < -0.4 is 9.46 Å². The molecule has 1 unspecified atom stereocenters. The van der Waals surface area contributed by atoms with Crippen LogP contribution in [-0.4, -0.2) is 78.1 Å². The SMILES string of the molecule is COc1ncc(-c2cc(-c3ncc(CN4CCN(C(C)C)CC4)o3)c3cn[nH]c3c2)cc1CNS(=O)O. The van der Waals surface area contributed by atoms with Crippen LogP contribution in [0.2, 0.25) is 0 Å². The maximum absolute atomic E-state index is 11.1. The van der Waals surface area contributed by atoms with Crippen molar-refractivity contribution in [1.82, 2.24) is 34.7 Å². The second-order valence-electron chi connectivity index (χ2n) is 9.36. The lowest BCUT2D eigenvalue weighted by atomic mass is 10.0. The largest absolute Gasteiger partial charge is 0.481 e. The molecule has 1 aromatic carbocycles. The van der Waals surface area contributed by atoms with Crippen LogP contribution in [0.1, 0.15) is 25.2 Å². The van der Waals surface area contributed by atoms with Crippen LogP contribution in [0.4, 0.5) is 0 Å². The van der Waals surface area contributed by atoms with Gasteiger partial charge in [-0.2, -0.15) is 5.10 Å². The number of aromatic nitrogens is 4. The molecule has 0 radical (unpaired) electrons. The van der Waals surface area contributed by atoms with Crippen LogP contribution in [0.5, 0.6) is 5.88 Å². The van der Waals surface area contributed by atoms with Gasteiger partial charge < -0.3 is 9.15 Å². The van der Waals surface area contributed by atoms with Gasteiger partial charge in [0.05, 0.1) is 31.6 Å². The topological polar surface area (TPSA) is 133 Å². The summed E-state index contributed by atoms with van der Waals surface area (Å²) in [5.74, 6) is 1.74. The summed E-state index contributed by atoms with van der Waals surface area (Å²) < 4.78 is 34.3. The molecule has 1 aliphatic heterocycles. The van der Waals surface area contributed by atoms with E-state index in [9.17, 15) is 4.21 Å². The number of hydrogen-bond acceptors (Lipinski definition) is 8. The lowest BCUT2D eigenvalue weighted by Crippen LogP contribution is -2.48. The summed E-state index contributed by atoms with van der Waals surface area (Å²) in [7, 11) is 1.51. The number of H-pyrrole nitrogens is 1. The normalized spacial score (nSPS) is 16.0. The first-order valence-electron chi connectivity index (χ1n) is 12.2. The van der Waals surface area contributed by atoms with Crippen LogP contribution in [0.25, 0.3) is 33.5 Å². The predicted octanol–water partition coefficient (Wildman–Crippen LogP) is 3.04. The molecular formula is C25H31N7O4S. The molecule has 3 aromatic heterocycles. The first kappa shape index (κ1) is 25.5.